The Morgan fingerprint density at radius 3 is 2.57 bits per heavy atom. The molecule has 156 valence electrons. The molecule has 30 heavy (non-hydrogen) atoms. The highest BCUT2D eigenvalue weighted by Crippen LogP contribution is 2.40. The third kappa shape index (κ3) is 3.48. The Hall–Kier alpha value is -2.45. The molecular weight excluding hydrogens is 409 g/mol. The average Bonchev–Trinajstić information content (AvgIpc) is 3.36. The lowest BCUT2D eigenvalue weighted by Gasteiger charge is -2.23. The molecule has 4 nitrogen and oxygen atoms in total. The van der Waals surface area contributed by atoms with Crippen LogP contribution in [0.5, 0.6) is 0 Å². The highest BCUT2D eigenvalue weighted by Gasteiger charge is 2.38. The van der Waals surface area contributed by atoms with Crippen molar-refractivity contribution in [1.82, 2.24) is 19.9 Å². The van der Waals surface area contributed by atoms with Crippen molar-refractivity contribution in [2.45, 2.75) is 32.0 Å². The van der Waals surface area contributed by atoms with Crippen LogP contribution in [0.25, 0.3) is 32.6 Å². The van der Waals surface area contributed by atoms with Gasteiger partial charge < -0.3 is 9.88 Å². The summed E-state index contributed by atoms with van der Waals surface area (Å²) < 4.78 is 44.3. The molecule has 1 N–H and O–H groups in total. The third-order valence-electron chi connectivity index (χ3n) is 5.80. The fourth-order valence-corrected chi connectivity index (χ4v) is 5.18. The summed E-state index contributed by atoms with van der Waals surface area (Å²) in [6.45, 7) is 2.64. The molecule has 1 fully saturated rings. The van der Waals surface area contributed by atoms with Gasteiger partial charge in [0, 0.05) is 12.1 Å². The van der Waals surface area contributed by atoms with Crippen LogP contribution in [-0.4, -0.2) is 27.6 Å². The van der Waals surface area contributed by atoms with Crippen LogP contribution in [0.4, 0.5) is 13.2 Å². The summed E-state index contributed by atoms with van der Waals surface area (Å²) in [6, 6.07) is 11.1. The van der Waals surface area contributed by atoms with Gasteiger partial charge in [0.05, 0.1) is 15.7 Å². The molecule has 0 aliphatic carbocycles. The number of hydrogen-bond acceptors (Lipinski definition) is 4. The van der Waals surface area contributed by atoms with Crippen LogP contribution in [0.1, 0.15) is 25.0 Å². The summed E-state index contributed by atoms with van der Waals surface area (Å²) in [7, 11) is 0. The first-order chi connectivity index (χ1) is 14.5. The molecule has 5 rings (SSSR count). The van der Waals surface area contributed by atoms with E-state index in [9.17, 15) is 13.2 Å². The van der Waals surface area contributed by atoms with Crippen molar-refractivity contribution in [3.63, 3.8) is 0 Å². The van der Waals surface area contributed by atoms with Crippen LogP contribution in [0.15, 0.2) is 41.8 Å². The van der Waals surface area contributed by atoms with Crippen LogP contribution in [0.2, 0.25) is 0 Å². The Balaban J connectivity index is 1.72. The smallest absolute Gasteiger partial charge is 0.323 e. The largest absolute Gasteiger partial charge is 0.435 e. The van der Waals surface area contributed by atoms with E-state index >= 15 is 0 Å². The fourth-order valence-electron chi connectivity index (χ4n) is 4.29. The van der Waals surface area contributed by atoms with Gasteiger partial charge in [-0.1, -0.05) is 30.3 Å². The standard InChI is InChI=1S/C22H21F3N4S/c23-22(24,25)20-17-18(19-16(27-20)9-13-30-19)29(12-8-14-6-10-26-11-7-14)21(28-17)15-4-2-1-3-5-15/h1-5,9,13-14,26H,6-8,10-12H2. The Morgan fingerprint density at radius 1 is 1.07 bits per heavy atom. The molecule has 4 aromatic rings. The Bertz CT molecular complexity index is 1170. The van der Waals surface area contributed by atoms with Crippen molar-refractivity contribution in [2.24, 2.45) is 5.92 Å². The minimum absolute atomic E-state index is 0.0541. The van der Waals surface area contributed by atoms with Crippen molar-refractivity contribution in [1.29, 1.82) is 0 Å². The van der Waals surface area contributed by atoms with Gasteiger partial charge in [-0.3, -0.25) is 0 Å². The Labute approximate surface area is 175 Å². The molecule has 1 aliphatic rings. The summed E-state index contributed by atoms with van der Waals surface area (Å²) in [5, 5.41) is 5.16. The number of thiophene rings is 1. The number of benzene rings is 1. The highest BCUT2D eigenvalue weighted by molar-refractivity contribution is 7.18. The van der Waals surface area contributed by atoms with Crippen LogP contribution in [0, 0.1) is 5.92 Å². The molecule has 0 bridgehead atoms. The van der Waals surface area contributed by atoms with Crippen molar-refractivity contribution in [3.05, 3.63) is 47.5 Å². The zero-order valence-corrected chi connectivity index (χ0v) is 17.1. The SMILES string of the molecule is FC(F)(F)c1nc2ccsc2c2c1nc(-c1ccccc1)n2CCC1CCNCC1. The molecule has 0 unspecified atom stereocenters. The second-order valence-corrected chi connectivity index (χ2v) is 8.64. The molecule has 4 heterocycles. The summed E-state index contributed by atoms with van der Waals surface area (Å²) in [5.74, 6) is 1.14. The number of fused-ring (bicyclic) bond motifs is 3. The van der Waals surface area contributed by atoms with Gasteiger partial charge in [-0.25, -0.2) is 9.97 Å². The zero-order valence-electron chi connectivity index (χ0n) is 16.2. The molecule has 1 saturated heterocycles. The van der Waals surface area contributed by atoms with Crippen LogP contribution in [-0.2, 0) is 12.7 Å². The molecular formula is C22H21F3N4S. The summed E-state index contributed by atoms with van der Waals surface area (Å²) >= 11 is 1.42. The van der Waals surface area contributed by atoms with Crippen molar-refractivity contribution in [2.75, 3.05) is 13.1 Å². The summed E-state index contributed by atoms with van der Waals surface area (Å²) in [4.78, 5) is 8.45. The minimum atomic E-state index is -4.56. The number of aryl methyl sites for hydroxylation is 1. The number of aromatic nitrogens is 3. The average molecular weight is 430 g/mol. The molecule has 1 aliphatic heterocycles. The van der Waals surface area contributed by atoms with Crippen molar-refractivity contribution >= 4 is 32.6 Å². The highest BCUT2D eigenvalue weighted by atomic mass is 32.1. The van der Waals surface area contributed by atoms with Crippen molar-refractivity contribution in [3.8, 4) is 11.4 Å². The third-order valence-corrected chi connectivity index (χ3v) is 6.71. The van der Waals surface area contributed by atoms with Gasteiger partial charge in [-0.2, -0.15) is 13.2 Å². The van der Waals surface area contributed by atoms with E-state index in [1.54, 1.807) is 11.4 Å². The Morgan fingerprint density at radius 2 is 1.83 bits per heavy atom. The molecule has 0 atom stereocenters. The summed E-state index contributed by atoms with van der Waals surface area (Å²) in [5.41, 5.74) is 0.789. The first kappa shape index (κ1) is 19.5. The molecule has 0 saturated carbocycles. The number of imidazole rings is 1. The Kier molecular flexibility index (Phi) is 4.99. The zero-order chi connectivity index (χ0) is 20.7. The van der Waals surface area contributed by atoms with E-state index in [0.717, 1.165) is 42.6 Å². The molecule has 0 spiro atoms. The van der Waals surface area contributed by atoms with Gasteiger partial charge in [0.15, 0.2) is 5.69 Å². The van der Waals surface area contributed by atoms with Gasteiger partial charge in [0.2, 0.25) is 0 Å². The molecule has 1 aromatic carbocycles. The van der Waals surface area contributed by atoms with E-state index in [1.807, 2.05) is 34.9 Å². The minimum Gasteiger partial charge on any atom is -0.323 e. The number of alkyl halides is 3. The predicted octanol–water partition coefficient (Wildman–Crippen LogP) is 5.72. The van der Waals surface area contributed by atoms with E-state index in [4.69, 9.17) is 0 Å². The predicted molar refractivity (Wildman–Crippen MR) is 114 cm³/mol. The van der Waals surface area contributed by atoms with Crippen LogP contribution in [0.3, 0.4) is 0 Å². The van der Waals surface area contributed by atoms with Crippen LogP contribution < -0.4 is 5.32 Å². The second-order valence-electron chi connectivity index (χ2n) is 7.73. The van der Waals surface area contributed by atoms with Gasteiger partial charge in [-0.15, -0.1) is 11.3 Å². The maximum atomic E-state index is 13.9. The van der Waals surface area contributed by atoms with Gasteiger partial charge in [0.25, 0.3) is 0 Å². The first-order valence-corrected chi connectivity index (χ1v) is 11.0. The fraction of sp³-hybridized carbons (Fsp3) is 0.364. The van der Waals surface area contributed by atoms with Crippen molar-refractivity contribution < 1.29 is 13.2 Å². The maximum Gasteiger partial charge on any atom is 0.435 e. The molecule has 8 heteroatoms. The molecule has 0 amide bonds. The number of piperidine rings is 1. The lowest BCUT2D eigenvalue weighted by Crippen LogP contribution is -2.28. The summed E-state index contributed by atoms with van der Waals surface area (Å²) in [6.07, 6.45) is -1.45. The van der Waals surface area contributed by atoms with Crippen LogP contribution >= 0.6 is 11.3 Å². The lowest BCUT2D eigenvalue weighted by molar-refractivity contribution is -0.139. The molecule has 3 aromatic heterocycles. The number of nitrogens with zero attached hydrogens (tertiary/aromatic N) is 3. The number of rotatable bonds is 4. The number of hydrogen-bond donors (Lipinski definition) is 1. The lowest BCUT2D eigenvalue weighted by atomic mass is 9.94. The second kappa shape index (κ2) is 7.67. The van der Waals surface area contributed by atoms with E-state index in [-0.39, 0.29) is 5.52 Å². The monoisotopic (exact) mass is 430 g/mol. The van der Waals surface area contributed by atoms with E-state index in [0.29, 0.717) is 29.3 Å². The van der Waals surface area contributed by atoms with E-state index in [2.05, 4.69) is 15.3 Å². The number of pyridine rings is 1. The normalized spacial score (nSPS) is 16.0. The maximum absolute atomic E-state index is 13.9. The first-order valence-electron chi connectivity index (χ1n) is 10.1. The topological polar surface area (TPSA) is 42.7 Å². The van der Waals surface area contributed by atoms with E-state index < -0.39 is 11.9 Å². The quantitative estimate of drug-likeness (QED) is 0.450. The van der Waals surface area contributed by atoms with Gasteiger partial charge >= 0.3 is 6.18 Å². The van der Waals surface area contributed by atoms with E-state index in [1.165, 1.54) is 11.3 Å². The van der Waals surface area contributed by atoms with Gasteiger partial charge in [0.1, 0.15) is 11.3 Å². The number of nitrogens with one attached hydrogen (secondary N) is 1. The number of halogens is 3. The molecule has 0 radical (unpaired) electrons. The van der Waals surface area contributed by atoms with Gasteiger partial charge in [-0.05, 0) is 49.7 Å².